The Labute approximate surface area is 354 Å². The first kappa shape index (κ1) is 55.3. The zero-order chi connectivity index (χ0) is 41.5. The fraction of sp³-hybridized carbons (Fsp3) is 0.882. The van der Waals surface area contributed by atoms with E-state index in [9.17, 15) is 19.8 Å². The van der Waals surface area contributed by atoms with Crippen molar-refractivity contribution in [1.29, 1.82) is 0 Å². The lowest BCUT2D eigenvalue weighted by Crippen LogP contribution is -2.45. The molecule has 6 nitrogen and oxygen atoms in total. The van der Waals surface area contributed by atoms with Crippen LogP contribution in [0.1, 0.15) is 264 Å². The molecule has 0 aliphatic carbocycles. The predicted molar refractivity (Wildman–Crippen MR) is 246 cm³/mol. The highest BCUT2D eigenvalue weighted by molar-refractivity contribution is 5.76. The lowest BCUT2D eigenvalue weighted by atomic mass is 10.0. The molecule has 0 aromatic carbocycles. The van der Waals surface area contributed by atoms with Crippen LogP contribution in [0.25, 0.3) is 0 Å². The van der Waals surface area contributed by atoms with Crippen molar-refractivity contribution < 1.29 is 24.5 Å². The van der Waals surface area contributed by atoms with Gasteiger partial charge >= 0.3 is 5.97 Å². The molecular weight excluding hydrogens is 707 g/mol. The highest BCUT2D eigenvalue weighted by Crippen LogP contribution is 2.15. The summed E-state index contributed by atoms with van der Waals surface area (Å²) in [4.78, 5) is 24.4. The van der Waals surface area contributed by atoms with Gasteiger partial charge in [0, 0.05) is 12.8 Å². The molecule has 0 spiro atoms. The fourth-order valence-corrected chi connectivity index (χ4v) is 7.57. The van der Waals surface area contributed by atoms with Gasteiger partial charge in [0.15, 0.2) is 0 Å². The van der Waals surface area contributed by atoms with Gasteiger partial charge in [-0.3, -0.25) is 9.59 Å². The van der Waals surface area contributed by atoms with Gasteiger partial charge in [0.25, 0.3) is 0 Å². The Kier molecular flexibility index (Phi) is 45.7. The van der Waals surface area contributed by atoms with Crippen LogP contribution in [0.4, 0.5) is 0 Å². The summed E-state index contributed by atoms with van der Waals surface area (Å²) in [5.74, 6) is -0.116. The molecule has 2 atom stereocenters. The number of amides is 1. The molecular formula is C51H97NO5. The van der Waals surface area contributed by atoms with Gasteiger partial charge in [-0.25, -0.2) is 0 Å². The number of nitrogens with one attached hydrogen (secondary N) is 1. The highest BCUT2D eigenvalue weighted by atomic mass is 16.5. The third-order valence-electron chi connectivity index (χ3n) is 11.5. The first-order valence-electron chi connectivity index (χ1n) is 25.1. The second kappa shape index (κ2) is 47.0. The van der Waals surface area contributed by atoms with E-state index in [2.05, 4.69) is 31.3 Å². The monoisotopic (exact) mass is 804 g/mol. The Bertz CT molecular complexity index is 889. The molecule has 336 valence electrons. The van der Waals surface area contributed by atoms with Crippen molar-refractivity contribution in [3.63, 3.8) is 0 Å². The Morgan fingerprint density at radius 3 is 1.25 bits per heavy atom. The van der Waals surface area contributed by atoms with Crippen molar-refractivity contribution in [3.05, 3.63) is 24.3 Å². The molecule has 0 aromatic rings. The number of hydrogen-bond acceptors (Lipinski definition) is 5. The van der Waals surface area contributed by atoms with Crippen LogP contribution in [-0.4, -0.2) is 47.4 Å². The van der Waals surface area contributed by atoms with Crippen molar-refractivity contribution in [2.24, 2.45) is 0 Å². The standard InChI is InChI=1S/C51H97NO5/c1-3-5-7-9-11-13-15-17-18-20-25-29-33-37-41-45-51(56)57-46-42-38-34-30-26-22-21-24-28-32-36-40-44-50(55)52-48(47-53)49(54)43-39-35-31-27-23-19-16-14-12-10-8-6-4-2/h22,26,39,43,48-49,53-54H,3-21,23-25,27-38,40-42,44-47H2,1-2H3,(H,52,55)/b26-22-,43-39+. The van der Waals surface area contributed by atoms with Crippen molar-refractivity contribution in [1.82, 2.24) is 5.32 Å². The molecule has 0 aromatic heterocycles. The quantitative estimate of drug-likeness (QED) is 0.0324. The maximum atomic E-state index is 12.4. The summed E-state index contributed by atoms with van der Waals surface area (Å²) in [7, 11) is 0. The summed E-state index contributed by atoms with van der Waals surface area (Å²) in [6.45, 7) is 4.84. The van der Waals surface area contributed by atoms with Gasteiger partial charge in [0.1, 0.15) is 0 Å². The molecule has 0 bridgehead atoms. The van der Waals surface area contributed by atoms with Crippen molar-refractivity contribution in [2.75, 3.05) is 13.2 Å². The van der Waals surface area contributed by atoms with Crippen molar-refractivity contribution >= 4 is 11.9 Å². The van der Waals surface area contributed by atoms with Gasteiger partial charge in [0.2, 0.25) is 5.91 Å². The van der Waals surface area contributed by atoms with E-state index in [1.807, 2.05) is 6.08 Å². The Morgan fingerprint density at radius 2 is 0.825 bits per heavy atom. The average molecular weight is 804 g/mol. The minimum absolute atomic E-state index is 0.0220. The molecule has 2 unspecified atom stereocenters. The summed E-state index contributed by atoms with van der Waals surface area (Å²) in [6.07, 6.45) is 54.6. The fourth-order valence-electron chi connectivity index (χ4n) is 7.57. The molecule has 57 heavy (non-hydrogen) atoms. The molecule has 0 aliphatic rings. The first-order chi connectivity index (χ1) is 28.0. The van der Waals surface area contributed by atoms with E-state index < -0.39 is 12.1 Å². The molecule has 3 N–H and O–H groups in total. The third kappa shape index (κ3) is 43.7. The van der Waals surface area contributed by atoms with E-state index in [4.69, 9.17) is 4.74 Å². The number of allylic oxidation sites excluding steroid dienone is 3. The van der Waals surface area contributed by atoms with Gasteiger partial charge < -0.3 is 20.3 Å². The third-order valence-corrected chi connectivity index (χ3v) is 11.5. The van der Waals surface area contributed by atoms with Crippen LogP contribution < -0.4 is 5.32 Å². The van der Waals surface area contributed by atoms with Crippen LogP contribution in [-0.2, 0) is 14.3 Å². The topological polar surface area (TPSA) is 95.9 Å². The van der Waals surface area contributed by atoms with Crippen molar-refractivity contribution in [2.45, 2.75) is 276 Å². The minimum atomic E-state index is -0.859. The summed E-state index contributed by atoms with van der Waals surface area (Å²) in [5, 5.41) is 23.0. The first-order valence-corrected chi connectivity index (χ1v) is 25.1. The van der Waals surface area contributed by atoms with Gasteiger partial charge in [-0.2, -0.15) is 0 Å². The van der Waals surface area contributed by atoms with Gasteiger partial charge in [0.05, 0.1) is 25.4 Å². The predicted octanol–water partition coefficient (Wildman–Crippen LogP) is 14.7. The molecule has 6 heteroatoms. The molecule has 0 heterocycles. The van der Waals surface area contributed by atoms with E-state index in [0.717, 1.165) is 77.0 Å². The van der Waals surface area contributed by atoms with Crippen LogP contribution in [0.2, 0.25) is 0 Å². The van der Waals surface area contributed by atoms with E-state index in [1.165, 1.54) is 161 Å². The molecule has 0 radical (unpaired) electrons. The van der Waals surface area contributed by atoms with E-state index in [1.54, 1.807) is 6.08 Å². The normalized spacial score (nSPS) is 12.8. The molecule has 0 aliphatic heterocycles. The number of unbranched alkanes of at least 4 members (excludes halogenated alkanes) is 33. The zero-order valence-corrected chi connectivity index (χ0v) is 38.1. The number of esters is 1. The van der Waals surface area contributed by atoms with Crippen molar-refractivity contribution in [3.8, 4) is 0 Å². The number of carbonyl (C=O) groups is 2. The average Bonchev–Trinajstić information content (AvgIpc) is 3.21. The highest BCUT2D eigenvalue weighted by Gasteiger charge is 2.18. The summed E-state index contributed by atoms with van der Waals surface area (Å²) in [6, 6.07) is -0.645. The van der Waals surface area contributed by atoms with Crippen LogP contribution in [0.15, 0.2) is 24.3 Å². The Balaban J connectivity index is 3.52. The zero-order valence-electron chi connectivity index (χ0n) is 38.1. The lowest BCUT2D eigenvalue weighted by molar-refractivity contribution is -0.143. The minimum Gasteiger partial charge on any atom is -0.466 e. The smallest absolute Gasteiger partial charge is 0.305 e. The second-order valence-corrected chi connectivity index (χ2v) is 17.1. The van der Waals surface area contributed by atoms with E-state index in [-0.39, 0.29) is 18.5 Å². The van der Waals surface area contributed by atoms with Gasteiger partial charge in [-0.1, -0.05) is 212 Å². The molecule has 0 saturated heterocycles. The van der Waals surface area contributed by atoms with E-state index >= 15 is 0 Å². The number of rotatable bonds is 46. The number of aliphatic hydroxyl groups is 2. The SMILES string of the molecule is CCCCCCCCCCCCC/C=C/C(O)C(CO)NC(=O)CCCCCCC/C=C\CCCCCOC(=O)CCCCCCCCCCCCCCCCC. The Morgan fingerprint density at radius 1 is 0.474 bits per heavy atom. The van der Waals surface area contributed by atoms with Crippen LogP contribution >= 0.6 is 0 Å². The molecule has 0 fully saturated rings. The van der Waals surface area contributed by atoms with Gasteiger partial charge in [-0.05, 0) is 64.2 Å². The molecule has 0 rings (SSSR count). The number of ether oxygens (including phenoxy) is 1. The van der Waals surface area contributed by atoms with Gasteiger partial charge in [-0.15, -0.1) is 0 Å². The summed E-state index contributed by atoms with van der Waals surface area (Å²) < 4.78 is 5.44. The second-order valence-electron chi connectivity index (χ2n) is 17.1. The largest absolute Gasteiger partial charge is 0.466 e. The number of hydrogen-bond donors (Lipinski definition) is 3. The summed E-state index contributed by atoms with van der Waals surface area (Å²) >= 11 is 0. The van der Waals surface area contributed by atoms with Crippen LogP contribution in [0.5, 0.6) is 0 Å². The van der Waals surface area contributed by atoms with Crippen LogP contribution in [0.3, 0.4) is 0 Å². The molecule has 1 amide bonds. The Hall–Kier alpha value is -1.66. The van der Waals surface area contributed by atoms with Crippen LogP contribution in [0, 0.1) is 0 Å². The molecule has 0 saturated carbocycles. The number of carbonyl (C=O) groups excluding carboxylic acids is 2. The maximum Gasteiger partial charge on any atom is 0.305 e. The lowest BCUT2D eigenvalue weighted by Gasteiger charge is -2.20. The summed E-state index contributed by atoms with van der Waals surface area (Å²) in [5.41, 5.74) is 0. The number of aliphatic hydroxyl groups excluding tert-OH is 2. The maximum absolute atomic E-state index is 12.4. The van der Waals surface area contributed by atoms with E-state index in [0.29, 0.717) is 19.4 Å².